The Bertz CT molecular complexity index is 736. The standard InChI is InChI=1S/C17H20N4O/c1-10(13-7-5-11(2)15(9-13)22-4)6-8-14-12(3)20-17(19)21-16(14)18/h5,7,9-10H,1-4H3,(H4,18,19,20,21). The third-order valence-electron chi connectivity index (χ3n) is 3.48. The van der Waals surface area contributed by atoms with E-state index < -0.39 is 0 Å². The Morgan fingerprint density at radius 2 is 1.91 bits per heavy atom. The van der Waals surface area contributed by atoms with E-state index in [1.807, 2.05) is 39.0 Å². The molecule has 2 aromatic rings. The van der Waals surface area contributed by atoms with Gasteiger partial charge in [0.25, 0.3) is 0 Å². The molecule has 0 spiro atoms. The quantitative estimate of drug-likeness (QED) is 0.831. The minimum atomic E-state index is 0.0332. The number of aromatic nitrogens is 2. The molecule has 22 heavy (non-hydrogen) atoms. The van der Waals surface area contributed by atoms with Crippen LogP contribution in [0.5, 0.6) is 5.75 Å². The van der Waals surface area contributed by atoms with Crippen molar-refractivity contribution in [3.05, 3.63) is 40.6 Å². The highest BCUT2D eigenvalue weighted by Crippen LogP contribution is 2.24. The molecule has 1 atom stereocenters. The van der Waals surface area contributed by atoms with Gasteiger partial charge in [-0.3, -0.25) is 0 Å². The molecule has 5 nitrogen and oxygen atoms in total. The van der Waals surface area contributed by atoms with Gasteiger partial charge in [0.2, 0.25) is 5.95 Å². The molecule has 0 saturated heterocycles. The summed E-state index contributed by atoms with van der Waals surface area (Å²) in [4.78, 5) is 8.03. The van der Waals surface area contributed by atoms with Crippen molar-refractivity contribution in [3.63, 3.8) is 0 Å². The number of rotatable bonds is 2. The van der Waals surface area contributed by atoms with Gasteiger partial charge < -0.3 is 16.2 Å². The van der Waals surface area contributed by atoms with Crippen LogP contribution in [0.3, 0.4) is 0 Å². The maximum absolute atomic E-state index is 5.86. The van der Waals surface area contributed by atoms with E-state index in [4.69, 9.17) is 16.2 Å². The lowest BCUT2D eigenvalue weighted by atomic mass is 9.99. The van der Waals surface area contributed by atoms with Gasteiger partial charge in [-0.15, -0.1) is 0 Å². The molecule has 0 bridgehead atoms. The first-order valence-electron chi connectivity index (χ1n) is 6.98. The molecular weight excluding hydrogens is 276 g/mol. The zero-order valence-electron chi connectivity index (χ0n) is 13.3. The van der Waals surface area contributed by atoms with Gasteiger partial charge >= 0.3 is 0 Å². The van der Waals surface area contributed by atoms with Crippen molar-refractivity contribution in [1.82, 2.24) is 9.97 Å². The number of hydrogen-bond donors (Lipinski definition) is 2. The van der Waals surface area contributed by atoms with Crippen LogP contribution in [0, 0.1) is 25.7 Å². The van der Waals surface area contributed by atoms with E-state index in [9.17, 15) is 0 Å². The number of anilines is 2. The largest absolute Gasteiger partial charge is 0.496 e. The van der Waals surface area contributed by atoms with E-state index in [0.717, 1.165) is 16.9 Å². The molecule has 114 valence electrons. The van der Waals surface area contributed by atoms with Crippen LogP contribution in [0.2, 0.25) is 0 Å². The fourth-order valence-electron chi connectivity index (χ4n) is 2.14. The lowest BCUT2D eigenvalue weighted by molar-refractivity contribution is 0.411. The van der Waals surface area contributed by atoms with Gasteiger partial charge in [0.05, 0.1) is 18.4 Å². The van der Waals surface area contributed by atoms with E-state index in [0.29, 0.717) is 17.1 Å². The van der Waals surface area contributed by atoms with Gasteiger partial charge in [-0.25, -0.2) is 4.98 Å². The molecule has 2 rings (SSSR count). The summed E-state index contributed by atoms with van der Waals surface area (Å²) in [6.07, 6.45) is 0. The molecule has 1 unspecified atom stereocenters. The second kappa shape index (κ2) is 6.35. The minimum Gasteiger partial charge on any atom is -0.496 e. The van der Waals surface area contributed by atoms with Crippen molar-refractivity contribution in [2.75, 3.05) is 18.6 Å². The summed E-state index contributed by atoms with van der Waals surface area (Å²) < 4.78 is 5.35. The SMILES string of the molecule is COc1cc(C(C)C#Cc2c(C)nc(N)nc2N)ccc1C. The summed E-state index contributed by atoms with van der Waals surface area (Å²) in [7, 11) is 1.66. The highest BCUT2D eigenvalue weighted by molar-refractivity contribution is 5.55. The van der Waals surface area contributed by atoms with Gasteiger partial charge in [0, 0.05) is 5.92 Å². The number of nitrogen functional groups attached to an aromatic ring is 2. The average molecular weight is 296 g/mol. The molecule has 0 aliphatic rings. The van der Waals surface area contributed by atoms with Crippen molar-refractivity contribution in [3.8, 4) is 17.6 Å². The molecule has 5 heteroatoms. The third-order valence-corrected chi connectivity index (χ3v) is 3.48. The first kappa shape index (κ1) is 15.6. The van der Waals surface area contributed by atoms with E-state index in [1.54, 1.807) is 7.11 Å². The second-order valence-electron chi connectivity index (χ2n) is 5.15. The van der Waals surface area contributed by atoms with Crippen molar-refractivity contribution in [1.29, 1.82) is 0 Å². The van der Waals surface area contributed by atoms with Crippen LogP contribution in [0.1, 0.15) is 35.2 Å². The van der Waals surface area contributed by atoms with Gasteiger partial charge in [0.1, 0.15) is 11.6 Å². The maximum atomic E-state index is 5.86. The molecule has 1 aromatic heterocycles. The number of methoxy groups -OCH3 is 1. The average Bonchev–Trinajstić information content (AvgIpc) is 2.46. The van der Waals surface area contributed by atoms with Crippen LogP contribution < -0.4 is 16.2 Å². The van der Waals surface area contributed by atoms with Crippen LogP contribution in [0.4, 0.5) is 11.8 Å². The Labute approximate surface area is 130 Å². The fourth-order valence-corrected chi connectivity index (χ4v) is 2.14. The van der Waals surface area contributed by atoms with Gasteiger partial charge in [0.15, 0.2) is 0 Å². The Morgan fingerprint density at radius 1 is 1.18 bits per heavy atom. The number of benzene rings is 1. The van der Waals surface area contributed by atoms with E-state index in [1.165, 1.54) is 0 Å². The van der Waals surface area contributed by atoms with Crippen molar-refractivity contribution >= 4 is 11.8 Å². The lowest BCUT2D eigenvalue weighted by Crippen LogP contribution is -2.05. The van der Waals surface area contributed by atoms with Crippen LogP contribution >= 0.6 is 0 Å². The monoisotopic (exact) mass is 296 g/mol. The third kappa shape index (κ3) is 3.29. The van der Waals surface area contributed by atoms with Crippen molar-refractivity contribution in [2.45, 2.75) is 26.7 Å². The molecule has 0 saturated carbocycles. The molecular formula is C17H20N4O. The maximum Gasteiger partial charge on any atom is 0.222 e. The van der Waals surface area contributed by atoms with Crippen LogP contribution in [-0.2, 0) is 0 Å². The molecule has 4 N–H and O–H groups in total. The lowest BCUT2D eigenvalue weighted by Gasteiger charge is -2.09. The second-order valence-corrected chi connectivity index (χ2v) is 5.15. The summed E-state index contributed by atoms with van der Waals surface area (Å²) in [5.41, 5.74) is 14.9. The molecule has 1 aromatic carbocycles. The Hall–Kier alpha value is -2.74. The highest BCUT2D eigenvalue weighted by Gasteiger charge is 2.08. The summed E-state index contributed by atoms with van der Waals surface area (Å²) in [5.74, 6) is 7.61. The van der Waals surface area contributed by atoms with Crippen LogP contribution in [-0.4, -0.2) is 17.1 Å². The fraction of sp³-hybridized carbons (Fsp3) is 0.294. The number of hydrogen-bond acceptors (Lipinski definition) is 5. The zero-order valence-corrected chi connectivity index (χ0v) is 13.3. The van der Waals surface area contributed by atoms with Crippen LogP contribution in [0.25, 0.3) is 0 Å². The predicted molar refractivity (Wildman–Crippen MR) is 88.6 cm³/mol. The van der Waals surface area contributed by atoms with E-state index >= 15 is 0 Å². The van der Waals surface area contributed by atoms with E-state index in [2.05, 4.69) is 21.8 Å². The summed E-state index contributed by atoms with van der Waals surface area (Å²) in [6, 6.07) is 6.08. The van der Waals surface area contributed by atoms with Gasteiger partial charge in [-0.2, -0.15) is 4.98 Å². The smallest absolute Gasteiger partial charge is 0.222 e. The summed E-state index contributed by atoms with van der Waals surface area (Å²) >= 11 is 0. The number of nitrogens with two attached hydrogens (primary N) is 2. The summed E-state index contributed by atoms with van der Waals surface area (Å²) in [6.45, 7) is 5.85. The normalized spacial score (nSPS) is 11.5. The van der Waals surface area contributed by atoms with Gasteiger partial charge in [-0.05, 0) is 38.0 Å². The molecule has 0 amide bonds. The summed E-state index contributed by atoms with van der Waals surface area (Å²) in [5, 5.41) is 0. The van der Waals surface area contributed by atoms with Crippen molar-refractivity contribution < 1.29 is 4.74 Å². The Morgan fingerprint density at radius 3 is 2.55 bits per heavy atom. The molecule has 0 aliphatic heterocycles. The topological polar surface area (TPSA) is 87.0 Å². The number of nitrogens with zero attached hydrogens (tertiary/aromatic N) is 2. The predicted octanol–water partition coefficient (Wildman–Crippen LogP) is 2.42. The van der Waals surface area contributed by atoms with E-state index in [-0.39, 0.29) is 11.9 Å². The van der Waals surface area contributed by atoms with Gasteiger partial charge in [-0.1, -0.05) is 24.0 Å². The first-order chi connectivity index (χ1) is 10.4. The number of aryl methyl sites for hydroxylation is 2. The molecule has 1 heterocycles. The highest BCUT2D eigenvalue weighted by atomic mass is 16.5. The zero-order chi connectivity index (χ0) is 16.3. The minimum absolute atomic E-state index is 0.0332. The Kier molecular flexibility index (Phi) is 4.52. The first-order valence-corrected chi connectivity index (χ1v) is 6.98. The molecule has 0 aliphatic carbocycles. The van der Waals surface area contributed by atoms with Crippen molar-refractivity contribution in [2.24, 2.45) is 0 Å². The van der Waals surface area contributed by atoms with Crippen LogP contribution in [0.15, 0.2) is 18.2 Å². The number of ether oxygens (including phenoxy) is 1. The molecule has 0 radical (unpaired) electrons. The Balaban J connectivity index is 2.32. The molecule has 0 fully saturated rings.